The molecule has 0 spiro atoms. The highest BCUT2D eigenvalue weighted by molar-refractivity contribution is 4.93. The topological polar surface area (TPSA) is 15.3 Å². The van der Waals surface area contributed by atoms with Crippen LogP contribution in [0.3, 0.4) is 0 Å². The lowest BCUT2D eigenvalue weighted by molar-refractivity contribution is 0.130. The van der Waals surface area contributed by atoms with Gasteiger partial charge in [-0.2, -0.15) is 0 Å². The third-order valence-electron chi connectivity index (χ3n) is 4.64. The summed E-state index contributed by atoms with van der Waals surface area (Å²) >= 11 is 0. The lowest BCUT2D eigenvalue weighted by Gasteiger charge is -2.37. The Morgan fingerprint density at radius 1 is 0.947 bits per heavy atom. The molecule has 1 saturated heterocycles. The first kappa shape index (κ1) is 17.0. The highest BCUT2D eigenvalue weighted by Crippen LogP contribution is 2.23. The summed E-state index contributed by atoms with van der Waals surface area (Å²) in [5.74, 6) is 0. The largest absolute Gasteiger partial charge is 0.310 e. The Labute approximate surface area is 121 Å². The van der Waals surface area contributed by atoms with E-state index in [4.69, 9.17) is 0 Å². The number of nitrogens with zero attached hydrogens (tertiary/aromatic N) is 1. The van der Waals surface area contributed by atoms with Crippen molar-refractivity contribution >= 4 is 0 Å². The van der Waals surface area contributed by atoms with Gasteiger partial charge in [-0.15, -0.1) is 0 Å². The molecule has 0 aromatic rings. The Morgan fingerprint density at radius 3 is 2.26 bits per heavy atom. The molecule has 1 fully saturated rings. The van der Waals surface area contributed by atoms with E-state index in [9.17, 15) is 0 Å². The maximum atomic E-state index is 3.72. The van der Waals surface area contributed by atoms with Crippen LogP contribution in [0.15, 0.2) is 0 Å². The first-order valence-corrected chi connectivity index (χ1v) is 8.37. The Hall–Kier alpha value is -0.0800. The first-order chi connectivity index (χ1) is 8.87. The van der Waals surface area contributed by atoms with E-state index < -0.39 is 0 Å². The molecule has 1 aliphatic rings. The smallest absolute Gasteiger partial charge is 0.0277 e. The molecule has 0 radical (unpaired) electrons. The van der Waals surface area contributed by atoms with Crippen molar-refractivity contribution in [3.63, 3.8) is 0 Å². The molecule has 0 bridgehead atoms. The molecule has 0 aromatic heterocycles. The summed E-state index contributed by atoms with van der Waals surface area (Å²) in [4.78, 5) is 2.70. The Morgan fingerprint density at radius 2 is 1.58 bits per heavy atom. The lowest BCUT2D eigenvalue weighted by atomic mass is 10.0. The van der Waals surface area contributed by atoms with Gasteiger partial charge in [0.15, 0.2) is 0 Å². The van der Waals surface area contributed by atoms with E-state index >= 15 is 0 Å². The van der Waals surface area contributed by atoms with Gasteiger partial charge < -0.3 is 5.32 Å². The van der Waals surface area contributed by atoms with E-state index in [1.54, 1.807) is 0 Å². The van der Waals surface area contributed by atoms with E-state index in [1.807, 2.05) is 0 Å². The molecule has 0 amide bonds. The van der Waals surface area contributed by atoms with Crippen LogP contribution in [0.5, 0.6) is 0 Å². The van der Waals surface area contributed by atoms with Gasteiger partial charge in [0.1, 0.15) is 0 Å². The Balaban J connectivity index is 2.30. The SMILES string of the molecule is CCCCCCCCN1CCC(C)(C)NCC1(C)C. The summed E-state index contributed by atoms with van der Waals surface area (Å²) in [5.41, 5.74) is 0.602. The van der Waals surface area contributed by atoms with Crippen LogP contribution in [0, 0.1) is 0 Å². The van der Waals surface area contributed by atoms with Crippen LogP contribution in [-0.2, 0) is 0 Å². The third-order valence-corrected chi connectivity index (χ3v) is 4.64. The van der Waals surface area contributed by atoms with Crippen molar-refractivity contribution in [1.29, 1.82) is 0 Å². The van der Waals surface area contributed by atoms with Crippen molar-refractivity contribution in [3.05, 3.63) is 0 Å². The quantitative estimate of drug-likeness (QED) is 0.696. The van der Waals surface area contributed by atoms with E-state index in [0.717, 1.165) is 6.54 Å². The fourth-order valence-electron chi connectivity index (χ4n) is 2.87. The zero-order valence-corrected chi connectivity index (χ0v) is 14.0. The van der Waals surface area contributed by atoms with Crippen LogP contribution < -0.4 is 5.32 Å². The molecule has 0 unspecified atom stereocenters. The fraction of sp³-hybridized carbons (Fsp3) is 1.00. The third kappa shape index (κ3) is 6.27. The van der Waals surface area contributed by atoms with Crippen LogP contribution in [-0.4, -0.2) is 35.6 Å². The van der Waals surface area contributed by atoms with Crippen molar-refractivity contribution in [3.8, 4) is 0 Å². The molecular formula is C17H36N2. The van der Waals surface area contributed by atoms with Gasteiger partial charge in [0.2, 0.25) is 0 Å². The van der Waals surface area contributed by atoms with Crippen LogP contribution in [0.25, 0.3) is 0 Å². The van der Waals surface area contributed by atoms with E-state index in [-0.39, 0.29) is 0 Å². The highest BCUT2D eigenvalue weighted by Gasteiger charge is 2.33. The monoisotopic (exact) mass is 268 g/mol. The van der Waals surface area contributed by atoms with Gasteiger partial charge in [0, 0.05) is 24.2 Å². The Kier molecular flexibility index (Phi) is 6.82. The molecule has 0 atom stereocenters. The standard InChI is InChI=1S/C17H36N2/c1-6-7-8-9-10-11-13-19-14-12-16(2,3)18-15-17(19,4)5/h18H,6-15H2,1-5H3. The van der Waals surface area contributed by atoms with Crippen molar-refractivity contribution in [2.75, 3.05) is 19.6 Å². The van der Waals surface area contributed by atoms with Crippen molar-refractivity contribution in [2.24, 2.45) is 0 Å². The molecule has 2 nitrogen and oxygen atoms in total. The molecule has 0 saturated carbocycles. The number of hydrogen-bond donors (Lipinski definition) is 1. The maximum Gasteiger partial charge on any atom is 0.0277 e. The molecule has 1 heterocycles. The molecular weight excluding hydrogens is 232 g/mol. The summed E-state index contributed by atoms with van der Waals surface area (Å²) in [7, 11) is 0. The minimum absolute atomic E-state index is 0.299. The minimum Gasteiger partial charge on any atom is -0.310 e. The van der Waals surface area contributed by atoms with E-state index in [2.05, 4.69) is 44.8 Å². The fourth-order valence-corrected chi connectivity index (χ4v) is 2.87. The Bertz CT molecular complexity index is 246. The van der Waals surface area contributed by atoms with Gasteiger partial charge in [0.05, 0.1) is 0 Å². The predicted octanol–water partition coefficient (Wildman–Crippen LogP) is 4.20. The second-order valence-corrected chi connectivity index (χ2v) is 7.55. The lowest BCUT2D eigenvalue weighted by Crippen LogP contribution is -2.50. The molecule has 0 aliphatic carbocycles. The molecule has 0 aromatic carbocycles. The zero-order chi connectivity index (χ0) is 14.4. The molecule has 114 valence electrons. The second-order valence-electron chi connectivity index (χ2n) is 7.55. The summed E-state index contributed by atoms with van der Waals surface area (Å²) in [6.45, 7) is 15.3. The van der Waals surface area contributed by atoms with Crippen LogP contribution in [0.2, 0.25) is 0 Å². The highest BCUT2D eigenvalue weighted by atomic mass is 15.2. The van der Waals surface area contributed by atoms with Crippen LogP contribution in [0.1, 0.15) is 79.6 Å². The van der Waals surface area contributed by atoms with Gasteiger partial charge in [-0.25, -0.2) is 0 Å². The summed E-state index contributed by atoms with van der Waals surface area (Å²) in [6, 6.07) is 0. The van der Waals surface area contributed by atoms with Crippen molar-refractivity contribution in [2.45, 2.75) is 90.6 Å². The minimum atomic E-state index is 0.299. The molecule has 1 aliphatic heterocycles. The molecule has 19 heavy (non-hydrogen) atoms. The number of unbranched alkanes of at least 4 members (excludes halogenated alkanes) is 5. The van der Waals surface area contributed by atoms with E-state index in [0.29, 0.717) is 11.1 Å². The number of nitrogens with one attached hydrogen (secondary N) is 1. The van der Waals surface area contributed by atoms with Crippen molar-refractivity contribution < 1.29 is 0 Å². The summed E-state index contributed by atoms with van der Waals surface area (Å²) in [5, 5.41) is 3.72. The molecule has 1 rings (SSSR count). The zero-order valence-electron chi connectivity index (χ0n) is 14.0. The summed E-state index contributed by atoms with van der Waals surface area (Å²) in [6.07, 6.45) is 9.64. The van der Waals surface area contributed by atoms with Gasteiger partial charge in [0.25, 0.3) is 0 Å². The average molecular weight is 268 g/mol. The van der Waals surface area contributed by atoms with Gasteiger partial charge in [-0.1, -0.05) is 39.0 Å². The average Bonchev–Trinajstić information content (AvgIpc) is 2.43. The van der Waals surface area contributed by atoms with Gasteiger partial charge >= 0.3 is 0 Å². The van der Waals surface area contributed by atoms with E-state index in [1.165, 1.54) is 58.0 Å². The number of hydrogen-bond acceptors (Lipinski definition) is 2. The van der Waals surface area contributed by atoms with Crippen molar-refractivity contribution in [1.82, 2.24) is 10.2 Å². The first-order valence-electron chi connectivity index (χ1n) is 8.37. The van der Waals surface area contributed by atoms with Gasteiger partial charge in [-0.05, 0) is 47.1 Å². The van der Waals surface area contributed by atoms with Crippen LogP contribution >= 0.6 is 0 Å². The van der Waals surface area contributed by atoms with Gasteiger partial charge in [-0.3, -0.25) is 4.90 Å². The molecule has 1 N–H and O–H groups in total. The summed E-state index contributed by atoms with van der Waals surface area (Å²) < 4.78 is 0. The van der Waals surface area contributed by atoms with Crippen LogP contribution in [0.4, 0.5) is 0 Å². The predicted molar refractivity (Wildman–Crippen MR) is 85.7 cm³/mol. The second kappa shape index (κ2) is 7.64. The molecule has 2 heteroatoms. The maximum absolute atomic E-state index is 3.72. The normalized spacial score (nSPS) is 23.2. The number of rotatable bonds is 7.